The monoisotopic (exact) mass is 308 g/mol. The van der Waals surface area contributed by atoms with E-state index in [1.54, 1.807) is 11.8 Å². The summed E-state index contributed by atoms with van der Waals surface area (Å²) in [7, 11) is 0. The number of esters is 1. The standard InChI is InChI=1S/C16H17ClO2S/c1-3-19-16(18)11(2)10-20-15-7-5-12-8-14(17)6-4-13(12)9-15/h4-9,11H,3,10H2,1-2H3. The fraction of sp³-hybridized carbons (Fsp3) is 0.312. The SMILES string of the molecule is CCOC(=O)C(C)CSc1ccc2cc(Cl)ccc2c1. The Labute approximate surface area is 128 Å². The largest absolute Gasteiger partial charge is 0.466 e. The molecule has 0 saturated carbocycles. The maximum absolute atomic E-state index is 11.6. The number of thioether (sulfide) groups is 1. The molecule has 0 fully saturated rings. The highest BCUT2D eigenvalue weighted by Gasteiger charge is 2.14. The van der Waals surface area contributed by atoms with Gasteiger partial charge in [-0.05, 0) is 42.0 Å². The molecule has 2 aromatic carbocycles. The molecule has 2 nitrogen and oxygen atoms in total. The lowest BCUT2D eigenvalue weighted by atomic mass is 10.1. The zero-order valence-electron chi connectivity index (χ0n) is 11.6. The van der Waals surface area contributed by atoms with Crippen LogP contribution in [0.1, 0.15) is 13.8 Å². The zero-order valence-corrected chi connectivity index (χ0v) is 13.1. The number of hydrogen-bond donors (Lipinski definition) is 0. The van der Waals surface area contributed by atoms with Crippen molar-refractivity contribution in [3.63, 3.8) is 0 Å². The van der Waals surface area contributed by atoms with Crippen LogP contribution in [0.4, 0.5) is 0 Å². The second kappa shape index (κ2) is 7.00. The van der Waals surface area contributed by atoms with Crippen LogP contribution in [0.15, 0.2) is 41.3 Å². The lowest BCUT2D eigenvalue weighted by molar-refractivity contribution is -0.146. The molecule has 20 heavy (non-hydrogen) atoms. The lowest BCUT2D eigenvalue weighted by Gasteiger charge is -2.10. The first-order valence-electron chi connectivity index (χ1n) is 6.59. The summed E-state index contributed by atoms with van der Waals surface area (Å²) in [6.45, 7) is 4.16. The van der Waals surface area contributed by atoms with Gasteiger partial charge < -0.3 is 4.74 Å². The van der Waals surface area contributed by atoms with E-state index in [0.717, 1.165) is 26.4 Å². The number of benzene rings is 2. The number of ether oxygens (including phenoxy) is 1. The summed E-state index contributed by atoms with van der Waals surface area (Å²) in [5.41, 5.74) is 0. The highest BCUT2D eigenvalue weighted by Crippen LogP contribution is 2.27. The first-order chi connectivity index (χ1) is 9.60. The minimum atomic E-state index is -0.132. The quantitative estimate of drug-likeness (QED) is 0.587. The third kappa shape index (κ3) is 3.90. The average Bonchev–Trinajstić information content (AvgIpc) is 2.44. The third-order valence-corrected chi connectivity index (χ3v) is 4.45. The van der Waals surface area contributed by atoms with E-state index in [1.807, 2.05) is 32.0 Å². The van der Waals surface area contributed by atoms with Crippen LogP contribution in [0.3, 0.4) is 0 Å². The molecule has 0 amide bonds. The number of carbonyl (C=O) groups is 1. The van der Waals surface area contributed by atoms with Crippen molar-refractivity contribution in [2.45, 2.75) is 18.7 Å². The summed E-state index contributed by atoms with van der Waals surface area (Å²) in [6.07, 6.45) is 0. The Morgan fingerprint density at radius 2 is 1.95 bits per heavy atom. The molecule has 2 rings (SSSR count). The van der Waals surface area contributed by atoms with E-state index in [4.69, 9.17) is 16.3 Å². The van der Waals surface area contributed by atoms with Gasteiger partial charge in [0.15, 0.2) is 0 Å². The van der Waals surface area contributed by atoms with Gasteiger partial charge in [0.2, 0.25) is 0 Å². The molecule has 0 spiro atoms. The van der Waals surface area contributed by atoms with Gasteiger partial charge in [-0.2, -0.15) is 0 Å². The molecule has 0 radical (unpaired) electrons. The number of fused-ring (bicyclic) bond motifs is 1. The van der Waals surface area contributed by atoms with Crippen LogP contribution < -0.4 is 0 Å². The number of halogens is 1. The third-order valence-electron chi connectivity index (χ3n) is 2.96. The van der Waals surface area contributed by atoms with E-state index in [1.165, 1.54) is 0 Å². The van der Waals surface area contributed by atoms with E-state index in [-0.39, 0.29) is 11.9 Å². The Hall–Kier alpha value is -1.19. The molecule has 0 aliphatic rings. The summed E-state index contributed by atoms with van der Waals surface area (Å²) in [5.74, 6) is 0.492. The van der Waals surface area contributed by atoms with Gasteiger partial charge in [-0.15, -0.1) is 11.8 Å². The molecule has 0 aliphatic carbocycles. The van der Waals surface area contributed by atoms with Gasteiger partial charge in [0, 0.05) is 15.7 Å². The summed E-state index contributed by atoms with van der Waals surface area (Å²) in [4.78, 5) is 12.7. The van der Waals surface area contributed by atoms with Gasteiger partial charge in [0.05, 0.1) is 12.5 Å². The van der Waals surface area contributed by atoms with Crippen molar-refractivity contribution >= 4 is 40.1 Å². The molecule has 0 bridgehead atoms. The van der Waals surface area contributed by atoms with Crippen molar-refractivity contribution in [2.24, 2.45) is 5.92 Å². The van der Waals surface area contributed by atoms with Gasteiger partial charge >= 0.3 is 5.97 Å². The number of rotatable bonds is 5. The highest BCUT2D eigenvalue weighted by molar-refractivity contribution is 7.99. The molecule has 0 saturated heterocycles. The smallest absolute Gasteiger partial charge is 0.309 e. The minimum Gasteiger partial charge on any atom is -0.466 e. The van der Waals surface area contributed by atoms with E-state index >= 15 is 0 Å². The zero-order chi connectivity index (χ0) is 14.5. The predicted octanol–water partition coefficient (Wildman–Crippen LogP) is 4.78. The van der Waals surface area contributed by atoms with E-state index in [0.29, 0.717) is 6.61 Å². The second-order valence-electron chi connectivity index (χ2n) is 4.62. The van der Waals surface area contributed by atoms with Crippen LogP contribution in [-0.2, 0) is 9.53 Å². The fourth-order valence-electron chi connectivity index (χ4n) is 1.86. The van der Waals surface area contributed by atoms with Gasteiger partial charge in [0.1, 0.15) is 0 Å². The van der Waals surface area contributed by atoms with Gasteiger partial charge in [0.25, 0.3) is 0 Å². The predicted molar refractivity (Wildman–Crippen MR) is 85.5 cm³/mol. The topological polar surface area (TPSA) is 26.3 Å². The van der Waals surface area contributed by atoms with Crippen LogP contribution in [0.25, 0.3) is 10.8 Å². The molecule has 1 unspecified atom stereocenters. The number of carbonyl (C=O) groups excluding carboxylic acids is 1. The maximum atomic E-state index is 11.6. The van der Waals surface area contributed by atoms with E-state index in [2.05, 4.69) is 18.2 Å². The van der Waals surface area contributed by atoms with Crippen molar-refractivity contribution in [2.75, 3.05) is 12.4 Å². The first kappa shape index (κ1) is 15.2. The summed E-state index contributed by atoms with van der Waals surface area (Å²) < 4.78 is 5.01. The van der Waals surface area contributed by atoms with Crippen LogP contribution in [-0.4, -0.2) is 18.3 Å². The molecule has 4 heteroatoms. The molecule has 0 aliphatic heterocycles. The van der Waals surface area contributed by atoms with Crippen molar-refractivity contribution in [3.05, 3.63) is 41.4 Å². The molecular weight excluding hydrogens is 292 g/mol. The summed E-state index contributed by atoms with van der Waals surface area (Å²) in [6, 6.07) is 12.1. The molecular formula is C16H17ClO2S. The molecule has 106 valence electrons. The Bertz CT molecular complexity index is 612. The highest BCUT2D eigenvalue weighted by atomic mass is 35.5. The van der Waals surface area contributed by atoms with Gasteiger partial charge in [-0.1, -0.05) is 30.7 Å². The van der Waals surface area contributed by atoms with Crippen molar-refractivity contribution in [1.82, 2.24) is 0 Å². The van der Waals surface area contributed by atoms with Crippen molar-refractivity contribution < 1.29 is 9.53 Å². The Balaban J connectivity index is 2.03. The van der Waals surface area contributed by atoms with Crippen LogP contribution in [0.5, 0.6) is 0 Å². The van der Waals surface area contributed by atoms with Crippen LogP contribution in [0, 0.1) is 5.92 Å². The molecule has 0 aromatic heterocycles. The maximum Gasteiger partial charge on any atom is 0.309 e. The fourth-order valence-corrected chi connectivity index (χ4v) is 2.99. The Morgan fingerprint density at radius 1 is 1.25 bits per heavy atom. The molecule has 2 aromatic rings. The summed E-state index contributed by atoms with van der Waals surface area (Å²) in [5, 5.41) is 3.03. The first-order valence-corrected chi connectivity index (χ1v) is 7.95. The normalized spacial score (nSPS) is 12.3. The molecule has 0 N–H and O–H groups in total. The lowest BCUT2D eigenvalue weighted by Crippen LogP contribution is -2.16. The van der Waals surface area contributed by atoms with Gasteiger partial charge in [-0.3, -0.25) is 4.79 Å². The van der Waals surface area contributed by atoms with E-state index in [9.17, 15) is 4.79 Å². The molecule has 1 atom stereocenters. The average molecular weight is 309 g/mol. The summed E-state index contributed by atoms with van der Waals surface area (Å²) >= 11 is 7.64. The molecule has 0 heterocycles. The second-order valence-corrected chi connectivity index (χ2v) is 6.15. The Morgan fingerprint density at radius 3 is 2.70 bits per heavy atom. The van der Waals surface area contributed by atoms with Crippen LogP contribution in [0.2, 0.25) is 5.02 Å². The van der Waals surface area contributed by atoms with E-state index < -0.39 is 0 Å². The minimum absolute atomic E-state index is 0.0964. The van der Waals surface area contributed by atoms with Crippen molar-refractivity contribution in [3.8, 4) is 0 Å². The van der Waals surface area contributed by atoms with Crippen LogP contribution >= 0.6 is 23.4 Å². The van der Waals surface area contributed by atoms with Gasteiger partial charge in [-0.25, -0.2) is 0 Å². The Kier molecular flexibility index (Phi) is 5.32. The van der Waals surface area contributed by atoms with Crippen molar-refractivity contribution in [1.29, 1.82) is 0 Å². The number of hydrogen-bond acceptors (Lipinski definition) is 3.